The highest BCUT2D eigenvalue weighted by molar-refractivity contribution is 5.91. The zero-order chi connectivity index (χ0) is 19.4. The molecular formula is C19H28F3N3O. The van der Waals surface area contributed by atoms with Crippen molar-refractivity contribution in [3.05, 3.63) is 23.9 Å². The van der Waals surface area contributed by atoms with Crippen LogP contribution in [0.1, 0.15) is 58.4 Å². The molecule has 7 heteroatoms. The standard InChI is InChI=1S/C19H28F3N3O/c1-18(2,3)10-11-23-15-7-4-13(5-8-15)17(26)25-16-9-6-14(12-24-16)19(20,21)22/h6,9,12-13,15,23H,4-5,7-8,10-11H2,1-3H3,(H,24,25,26). The predicted molar refractivity (Wildman–Crippen MR) is 95.7 cm³/mol. The molecule has 1 aromatic heterocycles. The van der Waals surface area contributed by atoms with E-state index >= 15 is 0 Å². The largest absolute Gasteiger partial charge is 0.417 e. The van der Waals surface area contributed by atoms with Crippen molar-refractivity contribution in [3.63, 3.8) is 0 Å². The first-order valence-electron chi connectivity index (χ1n) is 9.12. The van der Waals surface area contributed by atoms with Crippen molar-refractivity contribution in [3.8, 4) is 0 Å². The molecule has 1 saturated carbocycles. The van der Waals surface area contributed by atoms with Crippen LogP contribution in [-0.4, -0.2) is 23.5 Å². The summed E-state index contributed by atoms with van der Waals surface area (Å²) in [6.45, 7) is 7.61. The van der Waals surface area contributed by atoms with E-state index in [4.69, 9.17) is 0 Å². The first-order chi connectivity index (χ1) is 12.0. The summed E-state index contributed by atoms with van der Waals surface area (Å²) < 4.78 is 37.6. The minimum absolute atomic E-state index is 0.111. The van der Waals surface area contributed by atoms with Gasteiger partial charge in [-0.25, -0.2) is 4.98 Å². The number of amides is 1. The van der Waals surface area contributed by atoms with Crippen LogP contribution < -0.4 is 10.6 Å². The SMILES string of the molecule is CC(C)(C)CCNC1CCC(C(=O)Nc2ccc(C(F)(F)F)cn2)CC1. The third-order valence-electron chi connectivity index (χ3n) is 4.75. The van der Waals surface area contributed by atoms with E-state index in [1.54, 1.807) is 0 Å². The van der Waals surface area contributed by atoms with Gasteiger partial charge in [0, 0.05) is 18.2 Å². The highest BCUT2D eigenvalue weighted by Crippen LogP contribution is 2.29. The van der Waals surface area contributed by atoms with E-state index in [0.717, 1.165) is 50.9 Å². The smallest absolute Gasteiger partial charge is 0.314 e. The molecule has 1 heterocycles. The van der Waals surface area contributed by atoms with Crippen molar-refractivity contribution < 1.29 is 18.0 Å². The van der Waals surface area contributed by atoms with Crippen molar-refractivity contribution in [2.45, 2.75) is 65.1 Å². The summed E-state index contributed by atoms with van der Waals surface area (Å²) in [5.74, 6) is -0.112. The topological polar surface area (TPSA) is 54.0 Å². The lowest BCUT2D eigenvalue weighted by Gasteiger charge is -2.29. The average Bonchev–Trinajstić information content (AvgIpc) is 2.54. The van der Waals surface area contributed by atoms with Crippen LogP contribution in [0.2, 0.25) is 0 Å². The summed E-state index contributed by atoms with van der Waals surface area (Å²) in [7, 11) is 0. The summed E-state index contributed by atoms with van der Waals surface area (Å²) in [5.41, 5.74) is -0.518. The molecule has 4 nitrogen and oxygen atoms in total. The van der Waals surface area contributed by atoms with Gasteiger partial charge in [0.15, 0.2) is 0 Å². The lowest BCUT2D eigenvalue weighted by molar-refractivity contribution is -0.137. The second kappa shape index (κ2) is 8.37. The van der Waals surface area contributed by atoms with Crippen molar-refractivity contribution >= 4 is 11.7 Å². The predicted octanol–water partition coefficient (Wildman–Crippen LogP) is 4.62. The molecule has 0 aliphatic heterocycles. The Morgan fingerprint density at radius 1 is 1.15 bits per heavy atom. The molecule has 0 unspecified atom stereocenters. The van der Waals surface area contributed by atoms with Crippen LogP contribution in [-0.2, 0) is 11.0 Å². The Kier molecular flexibility index (Phi) is 6.66. The number of nitrogens with zero attached hydrogens (tertiary/aromatic N) is 1. The number of hydrogen-bond acceptors (Lipinski definition) is 3. The van der Waals surface area contributed by atoms with Gasteiger partial charge < -0.3 is 10.6 Å². The van der Waals surface area contributed by atoms with Crippen LogP contribution in [0.5, 0.6) is 0 Å². The van der Waals surface area contributed by atoms with Crippen molar-refractivity contribution in [2.24, 2.45) is 11.3 Å². The summed E-state index contributed by atoms with van der Waals surface area (Å²) in [5, 5.41) is 6.19. The molecule has 2 N–H and O–H groups in total. The van der Waals surface area contributed by atoms with Crippen molar-refractivity contribution in [2.75, 3.05) is 11.9 Å². The minimum Gasteiger partial charge on any atom is -0.314 e. The Hall–Kier alpha value is -1.63. The van der Waals surface area contributed by atoms with E-state index in [2.05, 4.69) is 36.4 Å². The molecule has 2 rings (SSSR count). The number of rotatable bonds is 5. The number of hydrogen-bond donors (Lipinski definition) is 2. The normalized spacial score (nSPS) is 21.5. The lowest BCUT2D eigenvalue weighted by atomic mass is 9.85. The zero-order valence-electron chi connectivity index (χ0n) is 15.6. The summed E-state index contributed by atoms with van der Waals surface area (Å²) >= 11 is 0. The average molecular weight is 371 g/mol. The third-order valence-corrected chi connectivity index (χ3v) is 4.75. The van der Waals surface area contributed by atoms with E-state index in [0.29, 0.717) is 11.5 Å². The second-order valence-electron chi connectivity index (χ2n) is 8.23. The van der Waals surface area contributed by atoms with Gasteiger partial charge in [0.05, 0.1) is 5.56 Å². The maximum atomic E-state index is 12.5. The van der Waals surface area contributed by atoms with E-state index < -0.39 is 11.7 Å². The van der Waals surface area contributed by atoms with Gasteiger partial charge in [-0.2, -0.15) is 13.2 Å². The lowest BCUT2D eigenvalue weighted by Crippen LogP contribution is -2.37. The number of alkyl halides is 3. The number of carbonyl (C=O) groups is 1. The molecule has 1 aliphatic carbocycles. The van der Waals surface area contributed by atoms with Gasteiger partial charge in [-0.05, 0) is 56.2 Å². The van der Waals surface area contributed by atoms with Crippen LogP contribution in [0.4, 0.5) is 19.0 Å². The first kappa shape index (κ1) is 20.7. The Bertz CT molecular complexity index is 586. The first-order valence-corrected chi connectivity index (χ1v) is 9.12. The van der Waals surface area contributed by atoms with Gasteiger partial charge in [0.2, 0.25) is 5.91 Å². The number of halogens is 3. The van der Waals surface area contributed by atoms with Crippen LogP contribution in [0.15, 0.2) is 18.3 Å². The van der Waals surface area contributed by atoms with Crippen LogP contribution >= 0.6 is 0 Å². The Morgan fingerprint density at radius 3 is 2.31 bits per heavy atom. The van der Waals surface area contributed by atoms with Gasteiger partial charge >= 0.3 is 6.18 Å². The molecule has 146 valence electrons. The molecular weight excluding hydrogens is 343 g/mol. The Balaban J connectivity index is 1.76. The van der Waals surface area contributed by atoms with Crippen LogP contribution in [0, 0.1) is 11.3 Å². The molecule has 1 fully saturated rings. The number of carbonyl (C=O) groups excluding carboxylic acids is 1. The molecule has 26 heavy (non-hydrogen) atoms. The van der Waals surface area contributed by atoms with Crippen molar-refractivity contribution in [1.82, 2.24) is 10.3 Å². The van der Waals surface area contributed by atoms with Gasteiger partial charge in [-0.1, -0.05) is 20.8 Å². The van der Waals surface area contributed by atoms with Gasteiger partial charge in [0.25, 0.3) is 0 Å². The highest BCUT2D eigenvalue weighted by Gasteiger charge is 2.31. The summed E-state index contributed by atoms with van der Waals surface area (Å²) in [6.07, 6.45) is 0.844. The molecule has 1 amide bonds. The third kappa shape index (κ3) is 6.59. The Labute approximate surface area is 153 Å². The van der Waals surface area contributed by atoms with E-state index in [1.165, 1.54) is 6.07 Å². The molecule has 1 aliphatic rings. The second-order valence-corrected chi connectivity index (χ2v) is 8.23. The van der Waals surface area contributed by atoms with Crippen molar-refractivity contribution in [1.29, 1.82) is 0 Å². The van der Waals surface area contributed by atoms with Crippen LogP contribution in [0.25, 0.3) is 0 Å². The van der Waals surface area contributed by atoms with Gasteiger partial charge in [0.1, 0.15) is 5.82 Å². The van der Waals surface area contributed by atoms with Crippen LogP contribution in [0.3, 0.4) is 0 Å². The Morgan fingerprint density at radius 2 is 1.81 bits per heavy atom. The maximum Gasteiger partial charge on any atom is 0.417 e. The summed E-state index contributed by atoms with van der Waals surface area (Å²) in [6, 6.07) is 2.56. The molecule has 0 radical (unpaired) electrons. The molecule has 0 bridgehead atoms. The number of nitrogens with one attached hydrogen (secondary N) is 2. The summed E-state index contributed by atoms with van der Waals surface area (Å²) in [4.78, 5) is 16.0. The fourth-order valence-electron chi connectivity index (χ4n) is 3.07. The van der Waals surface area contributed by atoms with E-state index in [-0.39, 0.29) is 17.6 Å². The fraction of sp³-hybridized carbons (Fsp3) is 0.684. The fourth-order valence-corrected chi connectivity index (χ4v) is 3.07. The van der Waals surface area contributed by atoms with E-state index in [9.17, 15) is 18.0 Å². The minimum atomic E-state index is -4.42. The molecule has 1 aromatic rings. The maximum absolute atomic E-state index is 12.5. The highest BCUT2D eigenvalue weighted by atomic mass is 19.4. The molecule has 0 spiro atoms. The monoisotopic (exact) mass is 371 g/mol. The number of aromatic nitrogens is 1. The van der Waals surface area contributed by atoms with Gasteiger partial charge in [-0.15, -0.1) is 0 Å². The molecule has 0 aromatic carbocycles. The van der Waals surface area contributed by atoms with Gasteiger partial charge in [-0.3, -0.25) is 4.79 Å². The molecule has 0 atom stereocenters. The molecule has 0 saturated heterocycles. The van der Waals surface area contributed by atoms with E-state index in [1.807, 2.05) is 0 Å². The zero-order valence-corrected chi connectivity index (χ0v) is 15.6. The number of pyridine rings is 1. The number of anilines is 1. The quantitative estimate of drug-likeness (QED) is 0.794.